The maximum absolute atomic E-state index is 2.20. The normalized spacial score (nSPS) is 10.7. The van der Waals surface area contributed by atoms with E-state index in [0.717, 1.165) is 0 Å². The molecule has 11 heavy (non-hydrogen) atoms. The third kappa shape index (κ3) is 0.942. The van der Waals surface area contributed by atoms with Gasteiger partial charge < -0.3 is 0 Å². The number of aryl methyl sites for hydroxylation is 2. The Bertz CT molecular complexity index is 353. The Morgan fingerprint density at radius 1 is 1.27 bits per heavy atom. The molecule has 0 atom stereocenters. The van der Waals surface area contributed by atoms with Crippen molar-refractivity contribution in [2.75, 3.05) is 0 Å². The van der Waals surface area contributed by atoms with Crippen LogP contribution < -0.4 is 3.96 Å². The van der Waals surface area contributed by atoms with Crippen LogP contribution in [0.25, 0.3) is 10.9 Å². The standard InChI is InChI=1S/C9H10NS/c1-7-8-5-3-4-6-9(8)10(2)11-7/h3-6H,1-2H3/q+1. The van der Waals surface area contributed by atoms with E-state index in [1.54, 1.807) is 11.5 Å². The van der Waals surface area contributed by atoms with Crippen molar-refractivity contribution in [3.63, 3.8) is 0 Å². The van der Waals surface area contributed by atoms with Crippen LogP contribution in [0.3, 0.4) is 0 Å². The number of hydrogen-bond donors (Lipinski definition) is 0. The molecule has 0 bridgehead atoms. The van der Waals surface area contributed by atoms with Gasteiger partial charge in [-0.1, -0.05) is 12.1 Å². The predicted octanol–water partition coefficient (Wildman–Crippen LogP) is 2.03. The first-order valence-corrected chi connectivity index (χ1v) is 4.41. The fraction of sp³-hybridized carbons (Fsp3) is 0.222. The van der Waals surface area contributed by atoms with E-state index in [-0.39, 0.29) is 0 Å². The molecule has 1 nitrogen and oxygen atoms in total. The largest absolute Gasteiger partial charge is 0.227 e. The molecule has 0 aliphatic heterocycles. The van der Waals surface area contributed by atoms with Crippen LogP contribution in [0.15, 0.2) is 24.3 Å². The Labute approximate surface area is 70.1 Å². The number of hydrogen-bond acceptors (Lipinski definition) is 1. The highest BCUT2D eigenvalue weighted by atomic mass is 32.1. The van der Waals surface area contributed by atoms with Gasteiger partial charge in [0.1, 0.15) is 11.5 Å². The summed E-state index contributed by atoms with van der Waals surface area (Å²) in [4.78, 5) is 1.39. The van der Waals surface area contributed by atoms with Crippen molar-refractivity contribution in [2.45, 2.75) is 6.92 Å². The monoisotopic (exact) mass is 164 g/mol. The average Bonchev–Trinajstić information content (AvgIpc) is 2.30. The predicted molar refractivity (Wildman–Crippen MR) is 47.7 cm³/mol. The number of aromatic nitrogens is 1. The highest BCUT2D eigenvalue weighted by molar-refractivity contribution is 7.02. The number of rotatable bonds is 0. The van der Waals surface area contributed by atoms with E-state index in [4.69, 9.17) is 0 Å². The van der Waals surface area contributed by atoms with Gasteiger partial charge in [-0.25, -0.2) is 0 Å². The van der Waals surface area contributed by atoms with Gasteiger partial charge in [0.15, 0.2) is 7.05 Å². The maximum Gasteiger partial charge on any atom is 0.227 e. The molecule has 0 fully saturated rings. The lowest BCUT2D eigenvalue weighted by Crippen LogP contribution is -2.21. The summed E-state index contributed by atoms with van der Waals surface area (Å²) in [5.41, 5.74) is 1.33. The molecule has 0 aliphatic rings. The highest BCUT2D eigenvalue weighted by Crippen LogP contribution is 2.17. The lowest BCUT2D eigenvalue weighted by atomic mass is 10.2. The number of benzene rings is 1. The summed E-state index contributed by atoms with van der Waals surface area (Å²) in [7, 11) is 2.10. The molecule has 2 rings (SSSR count). The first kappa shape index (κ1) is 6.80. The molecule has 0 radical (unpaired) electrons. The molecular formula is C9H10NS+. The van der Waals surface area contributed by atoms with Crippen LogP contribution in [0.5, 0.6) is 0 Å². The molecule has 0 saturated heterocycles. The zero-order valence-corrected chi connectivity index (χ0v) is 7.48. The van der Waals surface area contributed by atoms with Gasteiger partial charge in [-0.3, -0.25) is 0 Å². The first-order valence-electron chi connectivity index (χ1n) is 3.63. The third-order valence-electron chi connectivity index (χ3n) is 1.90. The number of para-hydroxylation sites is 1. The van der Waals surface area contributed by atoms with E-state index >= 15 is 0 Å². The van der Waals surface area contributed by atoms with E-state index in [1.165, 1.54) is 15.8 Å². The van der Waals surface area contributed by atoms with E-state index in [9.17, 15) is 0 Å². The summed E-state index contributed by atoms with van der Waals surface area (Å²) in [6.07, 6.45) is 0. The number of nitrogens with zero attached hydrogens (tertiary/aromatic N) is 1. The van der Waals surface area contributed by atoms with Gasteiger partial charge in [-0.15, -0.1) is 3.96 Å². The average molecular weight is 164 g/mol. The smallest absolute Gasteiger partial charge is 0.136 e. The van der Waals surface area contributed by atoms with Crippen molar-refractivity contribution in [1.29, 1.82) is 0 Å². The summed E-state index contributed by atoms with van der Waals surface area (Å²) in [5.74, 6) is 0. The third-order valence-corrected chi connectivity index (χ3v) is 2.86. The Kier molecular flexibility index (Phi) is 1.43. The first-order chi connectivity index (χ1) is 5.29. The molecule has 0 saturated carbocycles. The molecule has 0 aliphatic carbocycles. The molecule has 1 aromatic carbocycles. The Morgan fingerprint density at radius 3 is 2.73 bits per heavy atom. The van der Waals surface area contributed by atoms with Gasteiger partial charge in [-0.05, 0) is 13.0 Å². The van der Waals surface area contributed by atoms with Gasteiger partial charge in [0, 0.05) is 6.07 Å². The molecule has 1 aromatic heterocycles. The lowest BCUT2D eigenvalue weighted by molar-refractivity contribution is -0.573. The number of fused-ring (bicyclic) bond motifs is 1. The summed E-state index contributed by atoms with van der Waals surface area (Å²) >= 11 is 1.80. The van der Waals surface area contributed by atoms with Crippen molar-refractivity contribution in [3.05, 3.63) is 29.1 Å². The van der Waals surface area contributed by atoms with Crippen LogP contribution in [0, 0.1) is 6.92 Å². The molecular weight excluding hydrogens is 154 g/mol. The van der Waals surface area contributed by atoms with Crippen LogP contribution >= 0.6 is 11.5 Å². The van der Waals surface area contributed by atoms with Crippen molar-refractivity contribution < 1.29 is 3.96 Å². The van der Waals surface area contributed by atoms with Crippen LogP contribution in [0.4, 0.5) is 0 Å². The second-order valence-corrected chi connectivity index (χ2v) is 4.00. The van der Waals surface area contributed by atoms with Crippen molar-refractivity contribution in [3.8, 4) is 0 Å². The minimum absolute atomic E-state index is 1.33. The molecule has 2 heteroatoms. The van der Waals surface area contributed by atoms with Gasteiger partial charge >= 0.3 is 0 Å². The second-order valence-electron chi connectivity index (χ2n) is 2.66. The maximum atomic E-state index is 2.20. The molecule has 0 N–H and O–H groups in total. The zero-order chi connectivity index (χ0) is 7.84. The van der Waals surface area contributed by atoms with Crippen LogP contribution in [0.2, 0.25) is 0 Å². The SMILES string of the molecule is Cc1s[n+](C)c2ccccc12. The summed E-state index contributed by atoms with van der Waals surface area (Å²) in [6, 6.07) is 8.48. The molecule has 0 unspecified atom stereocenters. The topological polar surface area (TPSA) is 3.88 Å². The van der Waals surface area contributed by atoms with Crippen LogP contribution in [-0.4, -0.2) is 0 Å². The van der Waals surface area contributed by atoms with Crippen molar-refractivity contribution in [1.82, 2.24) is 0 Å². The Hall–Kier alpha value is -0.890. The van der Waals surface area contributed by atoms with E-state index in [0.29, 0.717) is 0 Å². The Balaban J connectivity index is 2.95. The second kappa shape index (κ2) is 2.31. The quantitative estimate of drug-likeness (QED) is 0.525. The summed E-state index contributed by atoms with van der Waals surface area (Å²) in [6.45, 7) is 2.16. The van der Waals surface area contributed by atoms with Gasteiger partial charge in [0.2, 0.25) is 5.52 Å². The molecule has 0 spiro atoms. The molecule has 56 valence electrons. The van der Waals surface area contributed by atoms with Crippen LogP contribution in [0.1, 0.15) is 4.88 Å². The minimum Gasteiger partial charge on any atom is -0.136 e. The van der Waals surface area contributed by atoms with Crippen molar-refractivity contribution >= 4 is 22.4 Å². The molecule has 2 aromatic rings. The Morgan fingerprint density at radius 2 is 2.00 bits per heavy atom. The summed E-state index contributed by atoms with van der Waals surface area (Å²) < 4.78 is 2.20. The summed E-state index contributed by atoms with van der Waals surface area (Å²) in [5, 5.41) is 1.38. The van der Waals surface area contributed by atoms with E-state index in [2.05, 4.69) is 42.2 Å². The van der Waals surface area contributed by atoms with E-state index < -0.39 is 0 Å². The lowest BCUT2D eigenvalue weighted by Gasteiger charge is -1.82. The zero-order valence-electron chi connectivity index (χ0n) is 6.66. The van der Waals surface area contributed by atoms with Gasteiger partial charge in [0.25, 0.3) is 0 Å². The van der Waals surface area contributed by atoms with E-state index in [1.807, 2.05) is 0 Å². The van der Waals surface area contributed by atoms with Crippen LogP contribution in [-0.2, 0) is 7.05 Å². The van der Waals surface area contributed by atoms with Gasteiger partial charge in [-0.2, -0.15) is 0 Å². The minimum atomic E-state index is 1.33. The molecule has 0 amide bonds. The van der Waals surface area contributed by atoms with Gasteiger partial charge in [0.05, 0.1) is 10.3 Å². The molecule has 1 heterocycles. The highest BCUT2D eigenvalue weighted by Gasteiger charge is 2.10. The fourth-order valence-electron chi connectivity index (χ4n) is 1.35. The van der Waals surface area contributed by atoms with Crippen molar-refractivity contribution in [2.24, 2.45) is 7.05 Å². The fourth-order valence-corrected chi connectivity index (χ4v) is 2.29.